The molecule has 0 radical (unpaired) electrons. The first-order chi connectivity index (χ1) is 13.7. The predicted octanol–water partition coefficient (Wildman–Crippen LogP) is 3.50. The van der Waals surface area contributed by atoms with Gasteiger partial charge >= 0.3 is 0 Å². The van der Waals surface area contributed by atoms with Gasteiger partial charge in [-0.2, -0.15) is 0 Å². The molecule has 1 aliphatic rings. The highest BCUT2D eigenvalue weighted by Crippen LogP contribution is 2.34. The van der Waals surface area contributed by atoms with Crippen molar-refractivity contribution in [1.29, 1.82) is 0 Å². The molecule has 6 nitrogen and oxygen atoms in total. The zero-order valence-electron chi connectivity index (χ0n) is 16.6. The highest BCUT2D eigenvalue weighted by molar-refractivity contribution is 7.99. The van der Waals surface area contributed by atoms with Crippen LogP contribution >= 0.6 is 11.8 Å². The Bertz CT molecular complexity index is 1050. The minimum atomic E-state index is -3.66. The number of nitrogens with one attached hydrogen (secondary N) is 1. The van der Waals surface area contributed by atoms with Gasteiger partial charge in [-0.3, -0.25) is 9.59 Å². The van der Waals surface area contributed by atoms with E-state index in [2.05, 4.69) is 5.32 Å². The van der Waals surface area contributed by atoms with Crippen LogP contribution in [0.25, 0.3) is 0 Å². The Labute approximate surface area is 175 Å². The number of thioether (sulfide) groups is 1. The molecule has 29 heavy (non-hydrogen) atoms. The summed E-state index contributed by atoms with van der Waals surface area (Å²) in [4.78, 5) is 27.0. The number of anilines is 2. The third kappa shape index (κ3) is 5.00. The van der Waals surface area contributed by atoms with Crippen LogP contribution in [0.2, 0.25) is 0 Å². The maximum atomic E-state index is 12.8. The third-order valence-electron chi connectivity index (χ3n) is 4.85. The Balaban J connectivity index is 1.72. The quantitative estimate of drug-likeness (QED) is 0.782. The molecule has 8 heteroatoms. The van der Waals surface area contributed by atoms with E-state index in [0.29, 0.717) is 11.4 Å². The average molecular weight is 433 g/mol. The van der Waals surface area contributed by atoms with Gasteiger partial charge in [0.25, 0.3) is 0 Å². The standard InChI is InChI=1S/C21H24N2O4S2/c1-14-5-4-6-16(11-14)23(3)20(24)9-10-29(26,27)17-7-8-19-18(12-17)22-21(25)15(2)13-28-19/h4-8,11-12,15H,9-10,13H2,1-3H3,(H,22,25). The highest BCUT2D eigenvalue weighted by atomic mass is 32.2. The number of carbonyl (C=O) groups excluding carboxylic acids is 2. The van der Waals surface area contributed by atoms with Gasteiger partial charge in [-0.05, 0) is 42.8 Å². The fourth-order valence-electron chi connectivity index (χ4n) is 2.96. The second-order valence-corrected chi connectivity index (χ2v) is 10.4. The first-order valence-electron chi connectivity index (χ1n) is 9.31. The Morgan fingerprint density at radius 1 is 1.24 bits per heavy atom. The Hall–Kier alpha value is -2.32. The highest BCUT2D eigenvalue weighted by Gasteiger charge is 2.24. The summed E-state index contributed by atoms with van der Waals surface area (Å²) >= 11 is 1.52. The average Bonchev–Trinajstić information content (AvgIpc) is 2.83. The van der Waals surface area contributed by atoms with Crippen molar-refractivity contribution in [2.24, 2.45) is 5.92 Å². The van der Waals surface area contributed by atoms with Crippen molar-refractivity contribution in [2.75, 3.05) is 28.8 Å². The van der Waals surface area contributed by atoms with Crippen LogP contribution in [0.15, 0.2) is 52.3 Å². The number of fused-ring (bicyclic) bond motifs is 1. The molecule has 2 amide bonds. The zero-order chi connectivity index (χ0) is 21.2. The molecule has 1 heterocycles. The molecule has 0 aromatic heterocycles. The zero-order valence-corrected chi connectivity index (χ0v) is 18.3. The summed E-state index contributed by atoms with van der Waals surface area (Å²) in [5.74, 6) is -0.196. The van der Waals surface area contributed by atoms with E-state index in [4.69, 9.17) is 0 Å². The molecule has 3 rings (SSSR count). The molecule has 2 aromatic carbocycles. The first-order valence-corrected chi connectivity index (χ1v) is 11.9. The van der Waals surface area contributed by atoms with E-state index in [1.54, 1.807) is 13.1 Å². The van der Waals surface area contributed by atoms with Gasteiger partial charge < -0.3 is 10.2 Å². The van der Waals surface area contributed by atoms with E-state index in [1.165, 1.54) is 28.8 Å². The molecular formula is C21H24N2O4S2. The number of aryl methyl sites for hydroxylation is 1. The van der Waals surface area contributed by atoms with Crippen molar-refractivity contribution in [3.05, 3.63) is 48.0 Å². The smallest absolute Gasteiger partial charge is 0.228 e. The van der Waals surface area contributed by atoms with Gasteiger partial charge in [0.1, 0.15) is 0 Å². The van der Waals surface area contributed by atoms with E-state index in [9.17, 15) is 18.0 Å². The molecule has 0 aliphatic carbocycles. The number of benzene rings is 2. The van der Waals surface area contributed by atoms with Crippen molar-refractivity contribution in [1.82, 2.24) is 0 Å². The molecule has 2 aromatic rings. The summed E-state index contributed by atoms with van der Waals surface area (Å²) < 4.78 is 25.6. The van der Waals surface area contributed by atoms with Crippen LogP contribution in [-0.2, 0) is 19.4 Å². The number of carbonyl (C=O) groups is 2. The van der Waals surface area contributed by atoms with E-state index < -0.39 is 9.84 Å². The molecule has 0 bridgehead atoms. The summed E-state index contributed by atoms with van der Waals surface area (Å²) in [5, 5.41) is 2.80. The number of nitrogens with zero attached hydrogens (tertiary/aromatic N) is 1. The molecule has 1 N–H and O–H groups in total. The largest absolute Gasteiger partial charge is 0.325 e. The monoisotopic (exact) mass is 432 g/mol. The minimum Gasteiger partial charge on any atom is -0.325 e. The molecule has 1 aliphatic heterocycles. The molecule has 1 unspecified atom stereocenters. The van der Waals surface area contributed by atoms with Crippen LogP contribution in [-0.4, -0.2) is 38.8 Å². The van der Waals surface area contributed by atoms with Gasteiger partial charge in [-0.25, -0.2) is 8.42 Å². The van der Waals surface area contributed by atoms with Crippen molar-refractivity contribution in [2.45, 2.75) is 30.1 Å². The normalized spacial score (nSPS) is 16.5. The summed E-state index contributed by atoms with van der Waals surface area (Å²) in [7, 11) is -2.02. The topological polar surface area (TPSA) is 83.6 Å². The molecule has 0 saturated heterocycles. The van der Waals surface area contributed by atoms with Crippen molar-refractivity contribution < 1.29 is 18.0 Å². The fourth-order valence-corrected chi connectivity index (χ4v) is 5.22. The minimum absolute atomic E-state index is 0.109. The molecule has 0 fully saturated rings. The van der Waals surface area contributed by atoms with Gasteiger partial charge in [0.15, 0.2) is 9.84 Å². The number of rotatable bonds is 5. The molecule has 154 valence electrons. The summed E-state index contributed by atoms with van der Waals surface area (Å²) in [6.45, 7) is 3.77. The number of hydrogen-bond donors (Lipinski definition) is 1. The molecule has 1 atom stereocenters. The predicted molar refractivity (Wildman–Crippen MR) is 116 cm³/mol. The van der Waals surface area contributed by atoms with E-state index in [1.807, 2.05) is 38.1 Å². The fraction of sp³-hybridized carbons (Fsp3) is 0.333. The van der Waals surface area contributed by atoms with Crippen LogP contribution < -0.4 is 10.2 Å². The van der Waals surface area contributed by atoms with E-state index in [-0.39, 0.29) is 34.8 Å². The summed E-state index contributed by atoms with van der Waals surface area (Å²) in [6.07, 6.45) is -0.123. The van der Waals surface area contributed by atoms with E-state index in [0.717, 1.165) is 16.1 Å². The Morgan fingerprint density at radius 2 is 2.00 bits per heavy atom. The Kier molecular flexibility index (Phi) is 6.33. The van der Waals surface area contributed by atoms with Crippen LogP contribution in [0.5, 0.6) is 0 Å². The van der Waals surface area contributed by atoms with Crippen molar-refractivity contribution >= 4 is 44.8 Å². The lowest BCUT2D eigenvalue weighted by atomic mass is 10.2. The lowest BCUT2D eigenvalue weighted by Gasteiger charge is -2.18. The Morgan fingerprint density at radius 3 is 2.72 bits per heavy atom. The van der Waals surface area contributed by atoms with Crippen LogP contribution in [0.1, 0.15) is 18.9 Å². The number of sulfone groups is 1. The second-order valence-electron chi connectivity index (χ2n) is 7.22. The van der Waals surface area contributed by atoms with Crippen molar-refractivity contribution in [3.8, 4) is 0 Å². The maximum absolute atomic E-state index is 12.8. The molecule has 0 spiro atoms. The third-order valence-corrected chi connectivity index (χ3v) is 7.90. The SMILES string of the molecule is Cc1cccc(N(C)C(=O)CCS(=O)(=O)c2ccc3c(c2)NC(=O)C(C)CS3)c1. The first kappa shape index (κ1) is 21.4. The van der Waals surface area contributed by atoms with Gasteiger partial charge in [0, 0.05) is 35.7 Å². The molecule has 0 saturated carbocycles. The molecular weight excluding hydrogens is 408 g/mol. The van der Waals surface area contributed by atoms with Gasteiger partial charge in [0.2, 0.25) is 11.8 Å². The second kappa shape index (κ2) is 8.59. The van der Waals surface area contributed by atoms with Gasteiger partial charge in [-0.1, -0.05) is 19.1 Å². The van der Waals surface area contributed by atoms with E-state index >= 15 is 0 Å². The van der Waals surface area contributed by atoms with Crippen LogP contribution in [0, 0.1) is 12.8 Å². The maximum Gasteiger partial charge on any atom is 0.228 e. The lowest BCUT2D eigenvalue weighted by molar-refractivity contribution is -0.119. The van der Waals surface area contributed by atoms with Gasteiger partial charge in [-0.15, -0.1) is 11.8 Å². The van der Waals surface area contributed by atoms with Gasteiger partial charge in [0.05, 0.1) is 16.3 Å². The number of amides is 2. The van der Waals surface area contributed by atoms with Crippen LogP contribution in [0.4, 0.5) is 11.4 Å². The van der Waals surface area contributed by atoms with Crippen LogP contribution in [0.3, 0.4) is 0 Å². The van der Waals surface area contributed by atoms with Crippen molar-refractivity contribution in [3.63, 3.8) is 0 Å². The summed E-state index contributed by atoms with van der Waals surface area (Å²) in [6, 6.07) is 12.2. The lowest BCUT2D eigenvalue weighted by Crippen LogP contribution is -2.28. The number of hydrogen-bond acceptors (Lipinski definition) is 5. The summed E-state index contributed by atoms with van der Waals surface area (Å²) in [5.41, 5.74) is 2.26.